The lowest BCUT2D eigenvalue weighted by Crippen LogP contribution is -2.62. The summed E-state index contributed by atoms with van der Waals surface area (Å²) in [5.41, 5.74) is 3.95. The highest BCUT2D eigenvalue weighted by molar-refractivity contribution is 7.91. The number of nitrogens with one attached hydrogen (secondary N) is 1. The second-order valence-electron chi connectivity index (χ2n) is 10.4. The van der Waals surface area contributed by atoms with Crippen LogP contribution in [0.1, 0.15) is 40.6 Å². The van der Waals surface area contributed by atoms with Gasteiger partial charge in [-0.1, -0.05) is 91.0 Å². The minimum atomic E-state index is -3.93. The highest BCUT2D eigenvalue weighted by Crippen LogP contribution is 2.33. The number of amides is 2. The van der Waals surface area contributed by atoms with Crippen LogP contribution in [0.25, 0.3) is 0 Å². The highest BCUT2D eigenvalue weighted by Gasteiger charge is 2.43. The van der Waals surface area contributed by atoms with E-state index in [9.17, 15) is 18.0 Å². The Morgan fingerprint density at radius 2 is 1.49 bits per heavy atom. The van der Waals surface area contributed by atoms with Crippen LogP contribution in [0.5, 0.6) is 0 Å². The number of nitrogens with zero attached hydrogens (tertiary/aromatic N) is 2. The van der Waals surface area contributed by atoms with Crippen molar-refractivity contribution in [3.05, 3.63) is 125 Å². The maximum Gasteiger partial charge on any atom is 0.253 e. The number of piperazine rings is 1. The Morgan fingerprint density at radius 3 is 2.15 bits per heavy atom. The molecule has 1 aliphatic carbocycles. The number of hydrogen-bond donors (Lipinski definition) is 1. The Kier molecular flexibility index (Phi) is 7.75. The minimum absolute atomic E-state index is 0.0280. The molecule has 0 bridgehead atoms. The molecular formula is C32H31N3O4S2. The van der Waals surface area contributed by atoms with E-state index in [0.717, 1.165) is 40.9 Å². The Hall–Kier alpha value is -3.79. The molecule has 1 N–H and O–H groups in total. The summed E-state index contributed by atoms with van der Waals surface area (Å²) in [6, 6.07) is 29.1. The Bertz CT molecular complexity index is 1590. The van der Waals surface area contributed by atoms with Crippen molar-refractivity contribution < 1.29 is 18.0 Å². The highest BCUT2D eigenvalue weighted by atomic mass is 32.2. The van der Waals surface area contributed by atoms with Gasteiger partial charge in [0.25, 0.3) is 10.0 Å². The lowest BCUT2D eigenvalue weighted by Gasteiger charge is -2.41. The number of hydrogen-bond acceptors (Lipinski definition) is 5. The van der Waals surface area contributed by atoms with E-state index >= 15 is 0 Å². The van der Waals surface area contributed by atoms with E-state index in [0.29, 0.717) is 0 Å². The predicted molar refractivity (Wildman–Crippen MR) is 159 cm³/mol. The summed E-state index contributed by atoms with van der Waals surface area (Å²) in [6.45, 7) is 0.192. The zero-order chi connectivity index (χ0) is 28.4. The third-order valence-corrected chi connectivity index (χ3v) is 11.2. The molecule has 1 aliphatic heterocycles. The number of fused-ring (bicyclic) bond motifs is 1. The van der Waals surface area contributed by atoms with Gasteiger partial charge in [-0.15, -0.1) is 11.3 Å². The topological polar surface area (TPSA) is 86.8 Å². The third-order valence-electron chi connectivity index (χ3n) is 7.97. The van der Waals surface area contributed by atoms with Gasteiger partial charge in [-0.05, 0) is 46.5 Å². The van der Waals surface area contributed by atoms with Gasteiger partial charge in [-0.2, -0.15) is 4.31 Å². The van der Waals surface area contributed by atoms with Gasteiger partial charge < -0.3 is 10.2 Å². The fourth-order valence-electron chi connectivity index (χ4n) is 5.92. The van der Waals surface area contributed by atoms with E-state index < -0.39 is 22.0 Å². The number of rotatable bonds is 7. The van der Waals surface area contributed by atoms with Gasteiger partial charge in [0.2, 0.25) is 11.8 Å². The first-order chi connectivity index (χ1) is 19.9. The maximum atomic E-state index is 14.2. The number of carbonyl (C=O) groups excluding carboxylic acids is 2. The Labute approximate surface area is 244 Å². The van der Waals surface area contributed by atoms with Crippen LogP contribution in [0, 0.1) is 0 Å². The van der Waals surface area contributed by atoms with Crippen molar-refractivity contribution in [1.29, 1.82) is 0 Å². The van der Waals surface area contributed by atoms with Crippen molar-refractivity contribution in [3.8, 4) is 0 Å². The second-order valence-corrected chi connectivity index (χ2v) is 13.5. The first-order valence-corrected chi connectivity index (χ1v) is 16.1. The van der Waals surface area contributed by atoms with Gasteiger partial charge in [-0.3, -0.25) is 9.59 Å². The van der Waals surface area contributed by atoms with Gasteiger partial charge in [0, 0.05) is 19.6 Å². The van der Waals surface area contributed by atoms with Gasteiger partial charge in [0.1, 0.15) is 10.3 Å². The summed E-state index contributed by atoms with van der Waals surface area (Å²) >= 11 is 1.13. The van der Waals surface area contributed by atoms with Crippen molar-refractivity contribution >= 4 is 33.2 Å². The molecule has 2 aliphatic rings. The SMILES string of the molecule is O=C(NC1CCc2ccccc21)C1CN(C(=O)C(c2ccccc2)c2ccccc2)CCN1S(=O)(=O)c1cccs1. The van der Waals surface area contributed by atoms with Gasteiger partial charge in [-0.25, -0.2) is 8.42 Å². The van der Waals surface area contributed by atoms with Crippen molar-refractivity contribution in [3.63, 3.8) is 0 Å². The molecule has 2 heterocycles. The molecule has 4 aromatic rings. The van der Waals surface area contributed by atoms with Crippen LogP contribution in [0.2, 0.25) is 0 Å². The molecule has 2 unspecified atom stereocenters. The fourth-order valence-corrected chi connectivity index (χ4v) is 8.61. The average molecular weight is 586 g/mol. The quantitative estimate of drug-likeness (QED) is 0.344. The number of aryl methyl sites for hydroxylation is 1. The lowest BCUT2D eigenvalue weighted by molar-refractivity contribution is -0.136. The van der Waals surface area contributed by atoms with Crippen LogP contribution in [-0.2, 0) is 26.0 Å². The van der Waals surface area contributed by atoms with Gasteiger partial charge in [0.15, 0.2) is 0 Å². The summed E-state index contributed by atoms with van der Waals surface area (Å²) in [5, 5.41) is 4.83. The predicted octanol–water partition coefficient (Wildman–Crippen LogP) is 4.59. The number of sulfonamides is 1. The molecule has 2 atom stereocenters. The second kappa shape index (κ2) is 11.6. The Balaban J connectivity index is 1.31. The summed E-state index contributed by atoms with van der Waals surface area (Å²) in [5.74, 6) is -1.11. The van der Waals surface area contributed by atoms with Crippen LogP contribution in [0.3, 0.4) is 0 Å². The summed E-state index contributed by atoms with van der Waals surface area (Å²) < 4.78 is 28.9. The molecule has 9 heteroatoms. The number of benzene rings is 3. The molecule has 3 aromatic carbocycles. The fraction of sp³-hybridized carbons (Fsp3) is 0.250. The summed E-state index contributed by atoms with van der Waals surface area (Å²) in [7, 11) is -3.93. The smallest absolute Gasteiger partial charge is 0.253 e. The molecule has 2 amide bonds. The van der Waals surface area contributed by atoms with E-state index in [4.69, 9.17) is 0 Å². The average Bonchev–Trinajstić information content (AvgIpc) is 3.70. The standard InChI is InChI=1S/C32H31N3O4S2/c36-31(33-27-18-17-23-10-7-8-15-26(23)27)28-22-34(19-20-35(28)41(38,39)29-16-9-21-40-29)32(37)30(24-11-3-1-4-12-24)25-13-5-2-6-14-25/h1-16,21,27-28,30H,17-20,22H2,(H,33,36). The first-order valence-electron chi connectivity index (χ1n) is 13.8. The monoisotopic (exact) mass is 585 g/mol. The number of carbonyl (C=O) groups is 2. The summed E-state index contributed by atoms with van der Waals surface area (Å²) in [4.78, 5) is 29.8. The molecule has 7 nitrogen and oxygen atoms in total. The molecule has 0 radical (unpaired) electrons. The van der Waals surface area contributed by atoms with Crippen LogP contribution >= 0.6 is 11.3 Å². The van der Waals surface area contributed by atoms with Crippen molar-refractivity contribution in [2.45, 2.75) is 35.1 Å². The van der Waals surface area contributed by atoms with E-state index in [2.05, 4.69) is 11.4 Å². The first kappa shape index (κ1) is 27.4. The molecule has 41 heavy (non-hydrogen) atoms. The van der Waals surface area contributed by atoms with Crippen LogP contribution in [0.4, 0.5) is 0 Å². The minimum Gasteiger partial charge on any atom is -0.348 e. The molecule has 1 fully saturated rings. The molecule has 1 saturated heterocycles. The lowest BCUT2D eigenvalue weighted by atomic mass is 9.89. The van der Waals surface area contributed by atoms with E-state index in [1.165, 1.54) is 9.87 Å². The van der Waals surface area contributed by atoms with Gasteiger partial charge >= 0.3 is 0 Å². The van der Waals surface area contributed by atoms with Gasteiger partial charge in [0.05, 0.1) is 12.0 Å². The molecule has 1 aromatic heterocycles. The van der Waals surface area contributed by atoms with Crippen molar-refractivity contribution in [2.75, 3.05) is 19.6 Å². The van der Waals surface area contributed by atoms with Crippen LogP contribution in [0.15, 0.2) is 107 Å². The maximum absolute atomic E-state index is 14.2. The molecule has 6 rings (SSSR count). The normalized spacial score (nSPS) is 19.2. The zero-order valence-electron chi connectivity index (χ0n) is 22.4. The molecule has 210 valence electrons. The molecule has 0 spiro atoms. The van der Waals surface area contributed by atoms with Crippen LogP contribution in [-0.4, -0.2) is 55.1 Å². The largest absolute Gasteiger partial charge is 0.348 e. The zero-order valence-corrected chi connectivity index (χ0v) is 24.1. The third kappa shape index (κ3) is 5.45. The van der Waals surface area contributed by atoms with Crippen molar-refractivity contribution in [1.82, 2.24) is 14.5 Å². The van der Waals surface area contributed by atoms with Crippen LogP contribution < -0.4 is 5.32 Å². The van der Waals surface area contributed by atoms with E-state index in [1.807, 2.05) is 78.9 Å². The van der Waals surface area contributed by atoms with E-state index in [1.54, 1.807) is 22.4 Å². The van der Waals surface area contributed by atoms with Crippen molar-refractivity contribution in [2.24, 2.45) is 0 Å². The molecule has 0 saturated carbocycles. The Morgan fingerprint density at radius 1 is 0.829 bits per heavy atom. The summed E-state index contributed by atoms with van der Waals surface area (Å²) in [6.07, 6.45) is 1.60. The number of thiophene rings is 1. The molecular weight excluding hydrogens is 555 g/mol. The van der Waals surface area contributed by atoms with E-state index in [-0.39, 0.29) is 41.7 Å².